The number of carbonyl (C=O) groups is 2. The lowest BCUT2D eigenvalue weighted by atomic mass is 10.1. The van der Waals surface area contributed by atoms with Gasteiger partial charge in [-0.25, -0.2) is 0 Å². The first-order valence-electron chi connectivity index (χ1n) is 4.21. The van der Waals surface area contributed by atoms with E-state index in [2.05, 4.69) is 0 Å². The van der Waals surface area contributed by atoms with Crippen molar-refractivity contribution in [3.05, 3.63) is 0 Å². The Morgan fingerprint density at radius 2 is 1.77 bits per heavy atom. The summed E-state index contributed by atoms with van der Waals surface area (Å²) in [7, 11) is 0. The number of unbranched alkanes of at least 4 members (excludes halogenated alkanes) is 1. The molecule has 0 spiro atoms. The minimum atomic E-state index is -0.911. The Labute approximate surface area is 76.5 Å². The standard InChI is InChI=1S/C8H15NO4/c9-6(5-8(12)13)3-1-2-4-7(10)11/h6H,1-5,9H2,(H,10,11)(H,12,13). The highest BCUT2D eigenvalue weighted by atomic mass is 16.4. The second kappa shape index (κ2) is 6.42. The highest BCUT2D eigenvalue weighted by molar-refractivity contribution is 5.67. The van der Waals surface area contributed by atoms with Gasteiger partial charge in [-0.15, -0.1) is 0 Å². The number of hydrogen-bond acceptors (Lipinski definition) is 3. The molecular weight excluding hydrogens is 174 g/mol. The maximum Gasteiger partial charge on any atom is 0.304 e. The zero-order valence-corrected chi connectivity index (χ0v) is 7.40. The van der Waals surface area contributed by atoms with Gasteiger partial charge in [-0.1, -0.05) is 6.42 Å². The lowest BCUT2D eigenvalue weighted by Crippen LogP contribution is -2.23. The Morgan fingerprint density at radius 1 is 1.15 bits per heavy atom. The van der Waals surface area contributed by atoms with Crippen LogP contribution in [0.4, 0.5) is 0 Å². The molecule has 0 saturated carbocycles. The van der Waals surface area contributed by atoms with Gasteiger partial charge in [0.05, 0.1) is 6.42 Å². The second-order valence-electron chi connectivity index (χ2n) is 3.00. The highest BCUT2D eigenvalue weighted by Gasteiger charge is 2.07. The van der Waals surface area contributed by atoms with Crippen LogP contribution in [0.3, 0.4) is 0 Å². The van der Waals surface area contributed by atoms with Crippen LogP contribution in [0.2, 0.25) is 0 Å². The predicted molar refractivity (Wildman–Crippen MR) is 46.3 cm³/mol. The molecule has 5 nitrogen and oxygen atoms in total. The third-order valence-corrected chi connectivity index (χ3v) is 1.65. The molecule has 0 aromatic rings. The number of aliphatic carboxylic acids is 2. The van der Waals surface area contributed by atoms with Crippen molar-refractivity contribution in [1.29, 1.82) is 0 Å². The molecule has 0 aliphatic rings. The third kappa shape index (κ3) is 8.81. The van der Waals surface area contributed by atoms with Crippen molar-refractivity contribution in [3.63, 3.8) is 0 Å². The summed E-state index contributed by atoms with van der Waals surface area (Å²) in [6.45, 7) is 0. The normalized spacial score (nSPS) is 12.4. The molecule has 0 rings (SSSR count). The molecule has 1 unspecified atom stereocenters. The number of hydrogen-bond donors (Lipinski definition) is 3. The smallest absolute Gasteiger partial charge is 0.304 e. The van der Waals surface area contributed by atoms with Crippen LogP contribution in [0.5, 0.6) is 0 Å². The van der Waals surface area contributed by atoms with E-state index in [-0.39, 0.29) is 18.9 Å². The maximum absolute atomic E-state index is 10.2. The van der Waals surface area contributed by atoms with Crippen molar-refractivity contribution in [1.82, 2.24) is 0 Å². The molecule has 0 aromatic carbocycles. The molecule has 0 bridgehead atoms. The summed E-state index contributed by atoms with van der Waals surface area (Å²) in [6.07, 6.45) is 1.87. The molecule has 0 aromatic heterocycles. The topological polar surface area (TPSA) is 101 Å². The van der Waals surface area contributed by atoms with Gasteiger partial charge in [0.25, 0.3) is 0 Å². The molecule has 1 atom stereocenters. The average Bonchev–Trinajstić information content (AvgIpc) is 1.96. The quantitative estimate of drug-likeness (QED) is 0.504. The van der Waals surface area contributed by atoms with E-state index < -0.39 is 11.9 Å². The third-order valence-electron chi connectivity index (χ3n) is 1.65. The van der Waals surface area contributed by atoms with Crippen LogP contribution in [-0.2, 0) is 9.59 Å². The number of nitrogens with two attached hydrogens (primary N) is 1. The Kier molecular flexibility index (Phi) is 5.88. The Balaban J connectivity index is 3.31. The van der Waals surface area contributed by atoms with E-state index in [4.69, 9.17) is 15.9 Å². The molecule has 0 heterocycles. The highest BCUT2D eigenvalue weighted by Crippen LogP contribution is 2.04. The van der Waals surface area contributed by atoms with Crippen LogP contribution < -0.4 is 5.73 Å². The van der Waals surface area contributed by atoms with Crippen LogP contribution in [-0.4, -0.2) is 28.2 Å². The monoisotopic (exact) mass is 189 g/mol. The summed E-state index contributed by atoms with van der Waals surface area (Å²) in [5, 5.41) is 16.7. The fraction of sp³-hybridized carbons (Fsp3) is 0.750. The van der Waals surface area contributed by atoms with Crippen molar-refractivity contribution in [3.8, 4) is 0 Å². The van der Waals surface area contributed by atoms with Crippen molar-refractivity contribution in [2.45, 2.75) is 38.1 Å². The fourth-order valence-corrected chi connectivity index (χ4v) is 1.01. The SMILES string of the molecule is NC(CCCCC(=O)O)CC(=O)O. The first-order valence-corrected chi connectivity index (χ1v) is 4.21. The van der Waals surface area contributed by atoms with E-state index in [1.165, 1.54) is 0 Å². The zero-order valence-electron chi connectivity index (χ0n) is 7.40. The van der Waals surface area contributed by atoms with Crippen LogP contribution in [0.25, 0.3) is 0 Å². The molecule has 0 fully saturated rings. The Morgan fingerprint density at radius 3 is 2.23 bits per heavy atom. The van der Waals surface area contributed by atoms with Crippen LogP contribution >= 0.6 is 0 Å². The van der Waals surface area contributed by atoms with E-state index in [1.807, 2.05) is 0 Å². The van der Waals surface area contributed by atoms with Gasteiger partial charge in [-0.3, -0.25) is 9.59 Å². The summed E-state index contributed by atoms with van der Waals surface area (Å²) in [6, 6.07) is -0.355. The summed E-state index contributed by atoms with van der Waals surface area (Å²) in [4.78, 5) is 20.3. The molecular formula is C8H15NO4. The van der Waals surface area contributed by atoms with Crippen LogP contribution in [0, 0.1) is 0 Å². The minimum Gasteiger partial charge on any atom is -0.481 e. The van der Waals surface area contributed by atoms with E-state index in [9.17, 15) is 9.59 Å². The van der Waals surface area contributed by atoms with Gasteiger partial charge in [-0.2, -0.15) is 0 Å². The Hall–Kier alpha value is -1.10. The fourth-order valence-electron chi connectivity index (χ4n) is 1.01. The zero-order chi connectivity index (χ0) is 10.3. The molecule has 0 aliphatic heterocycles. The molecule has 4 N–H and O–H groups in total. The first-order chi connectivity index (χ1) is 6.02. The Bertz CT molecular complexity index is 181. The minimum absolute atomic E-state index is 0.0485. The number of carboxylic acids is 2. The average molecular weight is 189 g/mol. The molecule has 5 heteroatoms. The van der Waals surface area contributed by atoms with Gasteiger partial charge in [0.1, 0.15) is 0 Å². The summed E-state index contributed by atoms with van der Waals surface area (Å²) in [5.41, 5.74) is 5.46. The second-order valence-corrected chi connectivity index (χ2v) is 3.00. The van der Waals surface area contributed by atoms with Crippen molar-refractivity contribution >= 4 is 11.9 Å². The van der Waals surface area contributed by atoms with E-state index in [1.54, 1.807) is 0 Å². The molecule has 76 valence electrons. The van der Waals surface area contributed by atoms with Crippen LogP contribution in [0.1, 0.15) is 32.1 Å². The predicted octanol–water partition coefficient (Wildman–Crippen LogP) is 0.433. The van der Waals surface area contributed by atoms with Gasteiger partial charge in [0.2, 0.25) is 0 Å². The van der Waals surface area contributed by atoms with Gasteiger partial charge in [-0.05, 0) is 12.8 Å². The number of rotatable bonds is 7. The summed E-state index contributed by atoms with van der Waals surface area (Å²) >= 11 is 0. The maximum atomic E-state index is 10.2. The van der Waals surface area contributed by atoms with Gasteiger partial charge >= 0.3 is 11.9 Å². The number of carboxylic acid groups (broad SMARTS) is 2. The molecule has 0 radical (unpaired) electrons. The van der Waals surface area contributed by atoms with Crippen molar-refractivity contribution in [2.24, 2.45) is 5.73 Å². The first kappa shape index (κ1) is 11.9. The largest absolute Gasteiger partial charge is 0.481 e. The van der Waals surface area contributed by atoms with Gasteiger partial charge in [0.15, 0.2) is 0 Å². The summed E-state index contributed by atoms with van der Waals surface area (Å²) in [5.74, 6) is -1.74. The van der Waals surface area contributed by atoms with E-state index >= 15 is 0 Å². The van der Waals surface area contributed by atoms with E-state index in [0.717, 1.165) is 0 Å². The lowest BCUT2D eigenvalue weighted by molar-refractivity contribution is -0.138. The molecule has 13 heavy (non-hydrogen) atoms. The van der Waals surface area contributed by atoms with E-state index in [0.29, 0.717) is 19.3 Å². The molecule has 0 amide bonds. The van der Waals surface area contributed by atoms with Gasteiger partial charge in [0, 0.05) is 12.5 Å². The van der Waals surface area contributed by atoms with Crippen molar-refractivity contribution < 1.29 is 19.8 Å². The van der Waals surface area contributed by atoms with Crippen LogP contribution in [0.15, 0.2) is 0 Å². The molecule has 0 saturated heterocycles. The summed E-state index contributed by atoms with van der Waals surface area (Å²) < 4.78 is 0. The molecule has 0 aliphatic carbocycles. The lowest BCUT2D eigenvalue weighted by Gasteiger charge is -2.06. The van der Waals surface area contributed by atoms with Gasteiger partial charge < -0.3 is 15.9 Å². The van der Waals surface area contributed by atoms with Crippen molar-refractivity contribution in [2.75, 3.05) is 0 Å².